The van der Waals surface area contributed by atoms with Crippen LogP contribution in [0.5, 0.6) is 5.75 Å². The number of carbonyl (C=O) groups excluding carboxylic acids is 3. The minimum Gasteiger partial charge on any atom is -0.508 e. The first-order valence-corrected chi connectivity index (χ1v) is 9.83. The minimum atomic E-state index is -1.49. The highest BCUT2D eigenvalue weighted by molar-refractivity contribution is 5.92. The Bertz CT molecular complexity index is 769. The molecule has 0 aromatic heterocycles. The average Bonchev–Trinajstić information content (AvgIpc) is 2.75. The van der Waals surface area contributed by atoms with Crippen LogP contribution in [-0.4, -0.2) is 70.3 Å². The molecule has 0 spiro atoms. The Morgan fingerprint density at radius 3 is 2.16 bits per heavy atom. The summed E-state index contributed by atoms with van der Waals surface area (Å²) in [6.07, 6.45) is 0.736. The van der Waals surface area contributed by atoms with Crippen LogP contribution in [0.15, 0.2) is 24.3 Å². The molecular weight excluding hydrogens is 408 g/mol. The third-order valence-electron chi connectivity index (χ3n) is 4.81. The number of carbonyl (C=O) groups is 4. The van der Waals surface area contributed by atoms with Gasteiger partial charge >= 0.3 is 5.97 Å². The summed E-state index contributed by atoms with van der Waals surface area (Å²) in [5, 5.41) is 34.2. The van der Waals surface area contributed by atoms with Gasteiger partial charge in [-0.3, -0.25) is 14.4 Å². The van der Waals surface area contributed by atoms with Crippen LogP contribution >= 0.6 is 0 Å². The topological polar surface area (TPSA) is 191 Å². The molecule has 0 aliphatic carbocycles. The van der Waals surface area contributed by atoms with Gasteiger partial charge in [-0.05, 0) is 23.6 Å². The number of nitrogens with one attached hydrogen (secondary N) is 3. The highest BCUT2D eigenvalue weighted by atomic mass is 16.4. The van der Waals surface area contributed by atoms with E-state index in [1.54, 1.807) is 12.1 Å². The number of hydrogen-bond donors (Lipinski definition) is 7. The first-order valence-electron chi connectivity index (χ1n) is 9.83. The van der Waals surface area contributed by atoms with E-state index in [4.69, 9.17) is 15.9 Å². The van der Waals surface area contributed by atoms with Gasteiger partial charge in [0, 0.05) is 6.42 Å². The van der Waals surface area contributed by atoms with Gasteiger partial charge in [-0.15, -0.1) is 0 Å². The van der Waals surface area contributed by atoms with E-state index in [1.165, 1.54) is 12.1 Å². The fraction of sp³-hybridized carbons (Fsp3) is 0.500. The standard InChI is InChI=1S/C20H30N4O7/c1-3-11(2)17(21)19(29)24-14(8-12-4-6-13(26)7-5-12)18(28)22-9-16(27)23-15(10-25)20(30)31/h4-7,11,14-15,17,25-26H,3,8-10,21H2,1-2H3,(H,22,28)(H,23,27)(H,24,29)(H,30,31). The lowest BCUT2D eigenvalue weighted by Crippen LogP contribution is -2.55. The van der Waals surface area contributed by atoms with E-state index < -0.39 is 55.0 Å². The number of aliphatic hydroxyl groups is 1. The van der Waals surface area contributed by atoms with Gasteiger partial charge in [0.1, 0.15) is 17.8 Å². The molecule has 31 heavy (non-hydrogen) atoms. The van der Waals surface area contributed by atoms with Gasteiger partial charge in [-0.25, -0.2) is 4.79 Å². The molecule has 1 aromatic rings. The number of phenolic OH excluding ortho intramolecular Hbond substituents is 1. The van der Waals surface area contributed by atoms with Crippen LogP contribution in [0.25, 0.3) is 0 Å². The zero-order valence-electron chi connectivity index (χ0n) is 17.5. The summed E-state index contributed by atoms with van der Waals surface area (Å²) in [4.78, 5) is 47.8. The van der Waals surface area contributed by atoms with Crippen LogP contribution in [0.2, 0.25) is 0 Å². The molecule has 172 valence electrons. The zero-order valence-corrected chi connectivity index (χ0v) is 17.5. The van der Waals surface area contributed by atoms with Crippen molar-refractivity contribution >= 4 is 23.7 Å². The van der Waals surface area contributed by atoms with Crippen molar-refractivity contribution in [1.29, 1.82) is 0 Å². The lowest BCUT2D eigenvalue weighted by atomic mass is 9.98. The van der Waals surface area contributed by atoms with Gasteiger partial charge < -0.3 is 37.0 Å². The molecule has 0 saturated heterocycles. The van der Waals surface area contributed by atoms with Crippen LogP contribution in [0.1, 0.15) is 25.8 Å². The van der Waals surface area contributed by atoms with E-state index >= 15 is 0 Å². The van der Waals surface area contributed by atoms with Gasteiger partial charge in [-0.1, -0.05) is 32.4 Å². The SMILES string of the molecule is CCC(C)C(N)C(=O)NC(Cc1ccc(O)cc1)C(=O)NCC(=O)NC(CO)C(=O)O. The van der Waals surface area contributed by atoms with Crippen LogP contribution < -0.4 is 21.7 Å². The Morgan fingerprint density at radius 1 is 1.03 bits per heavy atom. The van der Waals surface area contributed by atoms with Crippen LogP contribution in [0.3, 0.4) is 0 Å². The number of aliphatic carboxylic acids is 1. The number of benzene rings is 1. The maximum Gasteiger partial charge on any atom is 0.328 e. The number of aromatic hydroxyl groups is 1. The van der Waals surface area contributed by atoms with Crippen LogP contribution in [0, 0.1) is 5.92 Å². The van der Waals surface area contributed by atoms with E-state index in [1.807, 2.05) is 13.8 Å². The predicted molar refractivity (Wildman–Crippen MR) is 111 cm³/mol. The Balaban J connectivity index is 2.84. The molecular formula is C20H30N4O7. The van der Waals surface area contributed by atoms with Gasteiger partial charge in [0.15, 0.2) is 0 Å². The summed E-state index contributed by atoms with van der Waals surface area (Å²) in [6, 6.07) is 2.66. The van der Waals surface area contributed by atoms with Gasteiger partial charge in [0.05, 0.1) is 19.2 Å². The van der Waals surface area contributed by atoms with Crippen molar-refractivity contribution in [3.63, 3.8) is 0 Å². The third-order valence-corrected chi connectivity index (χ3v) is 4.81. The van der Waals surface area contributed by atoms with E-state index in [0.717, 1.165) is 0 Å². The number of amides is 3. The Labute approximate surface area is 180 Å². The summed E-state index contributed by atoms with van der Waals surface area (Å²) in [5.74, 6) is -3.51. The van der Waals surface area contributed by atoms with E-state index in [0.29, 0.717) is 12.0 Å². The molecule has 0 saturated carbocycles. The highest BCUT2D eigenvalue weighted by Crippen LogP contribution is 2.12. The van der Waals surface area contributed by atoms with E-state index in [-0.39, 0.29) is 18.1 Å². The molecule has 4 unspecified atom stereocenters. The number of aliphatic hydroxyl groups excluding tert-OH is 1. The van der Waals surface area contributed by atoms with Crippen molar-refractivity contribution in [1.82, 2.24) is 16.0 Å². The summed E-state index contributed by atoms with van der Waals surface area (Å²) in [6.45, 7) is 2.33. The summed E-state index contributed by atoms with van der Waals surface area (Å²) >= 11 is 0. The largest absolute Gasteiger partial charge is 0.508 e. The molecule has 11 heteroatoms. The lowest BCUT2D eigenvalue weighted by Gasteiger charge is -2.23. The summed E-state index contributed by atoms with van der Waals surface area (Å²) in [7, 11) is 0. The number of carboxylic acid groups (broad SMARTS) is 1. The molecule has 0 fully saturated rings. The molecule has 0 aliphatic heterocycles. The smallest absolute Gasteiger partial charge is 0.328 e. The second kappa shape index (κ2) is 12.5. The second-order valence-electron chi connectivity index (χ2n) is 7.20. The number of hydrogen-bond acceptors (Lipinski definition) is 7. The Kier molecular flexibility index (Phi) is 10.4. The molecule has 11 nitrogen and oxygen atoms in total. The van der Waals surface area contributed by atoms with Crippen LogP contribution in [-0.2, 0) is 25.6 Å². The predicted octanol–water partition coefficient (Wildman–Crippen LogP) is -1.53. The quantitative estimate of drug-likeness (QED) is 0.204. The normalized spacial score (nSPS) is 14.6. The van der Waals surface area contributed by atoms with Crippen LogP contribution in [0.4, 0.5) is 0 Å². The maximum atomic E-state index is 12.6. The highest BCUT2D eigenvalue weighted by Gasteiger charge is 2.27. The van der Waals surface area contributed by atoms with Crippen molar-refractivity contribution in [3.05, 3.63) is 29.8 Å². The molecule has 8 N–H and O–H groups in total. The van der Waals surface area contributed by atoms with Gasteiger partial charge in [0.25, 0.3) is 0 Å². The first-order chi connectivity index (χ1) is 14.6. The van der Waals surface area contributed by atoms with Crippen molar-refractivity contribution in [3.8, 4) is 5.75 Å². The third kappa shape index (κ3) is 8.60. The summed E-state index contributed by atoms with van der Waals surface area (Å²) in [5.41, 5.74) is 6.58. The Morgan fingerprint density at radius 2 is 1.65 bits per heavy atom. The number of phenols is 1. The average molecular weight is 438 g/mol. The first kappa shape index (κ1) is 25.9. The second-order valence-corrected chi connectivity index (χ2v) is 7.20. The fourth-order valence-corrected chi connectivity index (χ4v) is 2.58. The number of rotatable bonds is 12. The van der Waals surface area contributed by atoms with Crippen molar-refractivity contribution in [2.45, 2.75) is 44.8 Å². The fourth-order valence-electron chi connectivity index (χ4n) is 2.58. The number of nitrogens with two attached hydrogens (primary N) is 1. The van der Waals surface area contributed by atoms with E-state index in [9.17, 15) is 24.3 Å². The molecule has 0 radical (unpaired) electrons. The van der Waals surface area contributed by atoms with E-state index in [2.05, 4.69) is 16.0 Å². The molecule has 0 bridgehead atoms. The monoisotopic (exact) mass is 438 g/mol. The number of carboxylic acids is 1. The van der Waals surface area contributed by atoms with Gasteiger partial charge in [-0.2, -0.15) is 0 Å². The molecule has 4 atom stereocenters. The lowest BCUT2D eigenvalue weighted by molar-refractivity contribution is -0.142. The van der Waals surface area contributed by atoms with Crippen molar-refractivity contribution < 1.29 is 34.5 Å². The molecule has 0 aliphatic rings. The minimum absolute atomic E-state index is 0.0427. The van der Waals surface area contributed by atoms with Crippen molar-refractivity contribution in [2.75, 3.05) is 13.2 Å². The summed E-state index contributed by atoms with van der Waals surface area (Å²) < 4.78 is 0. The molecule has 0 heterocycles. The zero-order chi connectivity index (χ0) is 23.6. The van der Waals surface area contributed by atoms with Gasteiger partial charge in [0.2, 0.25) is 17.7 Å². The molecule has 1 aromatic carbocycles. The molecule has 3 amide bonds. The maximum absolute atomic E-state index is 12.6. The molecule has 1 rings (SSSR count). The van der Waals surface area contributed by atoms with Crippen molar-refractivity contribution in [2.24, 2.45) is 11.7 Å². The Hall–Kier alpha value is -3.18.